The van der Waals surface area contributed by atoms with E-state index < -0.39 is 12.1 Å². The van der Waals surface area contributed by atoms with Gasteiger partial charge in [-0.15, -0.1) is 0 Å². The molecule has 0 aliphatic carbocycles. The van der Waals surface area contributed by atoms with E-state index in [1.807, 2.05) is 0 Å². The highest BCUT2D eigenvalue weighted by Crippen LogP contribution is 2.41. The molecule has 3 heterocycles. The molecule has 3 aliphatic rings. The van der Waals surface area contributed by atoms with Crippen LogP contribution in [-0.4, -0.2) is 71.8 Å². The molecule has 0 saturated carbocycles. The van der Waals surface area contributed by atoms with Crippen LogP contribution in [0.5, 0.6) is 0 Å². The molecular formula is C23H31F3N2O4. The number of carboxylic acids is 1. The summed E-state index contributed by atoms with van der Waals surface area (Å²) >= 11 is 0. The van der Waals surface area contributed by atoms with E-state index >= 15 is 0 Å². The van der Waals surface area contributed by atoms with E-state index in [1.54, 1.807) is 0 Å². The summed E-state index contributed by atoms with van der Waals surface area (Å²) < 4.78 is 37.3. The van der Waals surface area contributed by atoms with Crippen LogP contribution in [0.2, 0.25) is 0 Å². The Bertz CT molecular complexity index is 783. The lowest BCUT2D eigenvalue weighted by Gasteiger charge is -2.39. The minimum absolute atomic E-state index is 0.156. The van der Waals surface area contributed by atoms with Crippen LogP contribution in [0.3, 0.4) is 0 Å². The van der Waals surface area contributed by atoms with Gasteiger partial charge in [-0.25, -0.2) is 4.79 Å². The number of aryl methyl sites for hydroxylation is 1. The van der Waals surface area contributed by atoms with Gasteiger partial charge >= 0.3 is 12.1 Å². The fourth-order valence-corrected chi connectivity index (χ4v) is 4.64. The Labute approximate surface area is 186 Å². The zero-order valence-corrected chi connectivity index (χ0v) is 18.4. The third-order valence-corrected chi connectivity index (χ3v) is 6.64. The number of piperidine rings is 1. The minimum Gasteiger partial charge on any atom is -0.475 e. The molecule has 0 unspecified atom stereocenters. The highest BCUT2D eigenvalue weighted by Gasteiger charge is 2.43. The standard InChI is InChI=1S/C21H30N2O2.C2HF3O2/c1-17-4-6-18(7-5-17)15-22-11-8-21(9-12-22)10-13-23(16-21)20(24)19-3-2-14-25-19;3-2(4,5)1(6)7/h4-7,19H,2-3,8-16H2,1H3;(H,6,7)/t19-;/m0./s1. The van der Waals surface area contributed by atoms with E-state index in [4.69, 9.17) is 14.6 Å². The van der Waals surface area contributed by atoms with Crippen LogP contribution in [0, 0.1) is 12.3 Å². The smallest absolute Gasteiger partial charge is 0.475 e. The zero-order chi connectivity index (χ0) is 23.4. The van der Waals surface area contributed by atoms with Gasteiger partial charge in [-0.05, 0) is 63.1 Å². The van der Waals surface area contributed by atoms with Gasteiger partial charge in [0.15, 0.2) is 0 Å². The number of halogens is 3. The maximum atomic E-state index is 12.6. The van der Waals surface area contributed by atoms with Gasteiger partial charge in [-0.2, -0.15) is 13.2 Å². The molecule has 3 saturated heterocycles. The van der Waals surface area contributed by atoms with Crippen molar-refractivity contribution in [2.75, 3.05) is 32.8 Å². The van der Waals surface area contributed by atoms with Crippen LogP contribution >= 0.6 is 0 Å². The molecule has 1 N–H and O–H groups in total. The normalized spacial score (nSPS) is 23.1. The van der Waals surface area contributed by atoms with E-state index in [9.17, 15) is 18.0 Å². The Balaban J connectivity index is 0.000000360. The third kappa shape index (κ3) is 6.45. The maximum Gasteiger partial charge on any atom is 0.490 e. The number of alkyl halides is 3. The molecule has 0 aromatic heterocycles. The van der Waals surface area contributed by atoms with Crippen LogP contribution in [-0.2, 0) is 20.9 Å². The number of hydrogen-bond acceptors (Lipinski definition) is 4. The highest BCUT2D eigenvalue weighted by atomic mass is 19.4. The first kappa shape index (κ1) is 24.5. The van der Waals surface area contributed by atoms with Gasteiger partial charge < -0.3 is 14.7 Å². The summed E-state index contributed by atoms with van der Waals surface area (Å²) in [4.78, 5) is 26.2. The van der Waals surface area contributed by atoms with Gasteiger partial charge in [0.25, 0.3) is 5.91 Å². The minimum atomic E-state index is -5.08. The Hall–Kier alpha value is -2.13. The summed E-state index contributed by atoms with van der Waals surface area (Å²) in [6.07, 6.45) is 0.305. The second-order valence-electron chi connectivity index (χ2n) is 9.08. The maximum absolute atomic E-state index is 12.6. The van der Waals surface area contributed by atoms with Gasteiger partial charge in [-0.1, -0.05) is 29.8 Å². The molecule has 1 aromatic rings. The first-order chi connectivity index (χ1) is 15.1. The molecule has 6 nitrogen and oxygen atoms in total. The average molecular weight is 457 g/mol. The first-order valence-electron chi connectivity index (χ1n) is 11.1. The Kier molecular flexibility index (Phi) is 7.82. The molecule has 1 aromatic carbocycles. The Morgan fingerprint density at radius 3 is 2.25 bits per heavy atom. The average Bonchev–Trinajstić information content (AvgIpc) is 3.42. The SMILES string of the molecule is Cc1ccc(CN2CCC3(CC2)CCN(C(=O)[C@@H]2CCCO2)C3)cc1.O=C(O)C(F)(F)F. The van der Waals surface area contributed by atoms with Gasteiger partial charge in [0, 0.05) is 26.2 Å². The van der Waals surface area contributed by atoms with Crippen molar-refractivity contribution in [1.82, 2.24) is 9.80 Å². The van der Waals surface area contributed by atoms with Crippen molar-refractivity contribution in [3.63, 3.8) is 0 Å². The summed E-state index contributed by atoms with van der Waals surface area (Å²) in [7, 11) is 0. The monoisotopic (exact) mass is 456 g/mol. The number of carboxylic acid groups (broad SMARTS) is 1. The van der Waals surface area contributed by atoms with E-state index in [0.29, 0.717) is 5.41 Å². The van der Waals surface area contributed by atoms with Crippen molar-refractivity contribution >= 4 is 11.9 Å². The molecule has 4 rings (SSSR count). The fourth-order valence-electron chi connectivity index (χ4n) is 4.64. The lowest BCUT2D eigenvalue weighted by Crippen LogP contribution is -2.43. The molecule has 0 radical (unpaired) electrons. The van der Waals surface area contributed by atoms with Crippen LogP contribution in [0.15, 0.2) is 24.3 Å². The van der Waals surface area contributed by atoms with Gasteiger partial charge in [0.1, 0.15) is 6.10 Å². The topological polar surface area (TPSA) is 70.1 Å². The summed E-state index contributed by atoms with van der Waals surface area (Å²) in [5.74, 6) is -2.51. The predicted octanol–water partition coefficient (Wildman–Crippen LogP) is 3.62. The quantitative estimate of drug-likeness (QED) is 0.753. The number of rotatable bonds is 3. The van der Waals surface area contributed by atoms with E-state index in [0.717, 1.165) is 52.2 Å². The number of nitrogens with zero attached hydrogens (tertiary/aromatic N) is 2. The lowest BCUT2D eigenvalue weighted by molar-refractivity contribution is -0.192. The number of carbonyl (C=O) groups excluding carboxylic acids is 1. The van der Waals surface area contributed by atoms with Crippen molar-refractivity contribution in [2.45, 2.75) is 57.9 Å². The molecule has 3 aliphatic heterocycles. The first-order valence-corrected chi connectivity index (χ1v) is 11.1. The number of carbonyl (C=O) groups is 2. The number of likely N-dealkylation sites (tertiary alicyclic amines) is 2. The second-order valence-corrected chi connectivity index (χ2v) is 9.08. The molecule has 3 fully saturated rings. The molecule has 1 amide bonds. The molecule has 32 heavy (non-hydrogen) atoms. The lowest BCUT2D eigenvalue weighted by atomic mass is 9.77. The largest absolute Gasteiger partial charge is 0.490 e. The van der Waals surface area contributed by atoms with Crippen LogP contribution in [0.4, 0.5) is 13.2 Å². The summed E-state index contributed by atoms with van der Waals surface area (Å²) in [5, 5.41) is 7.12. The molecule has 1 atom stereocenters. The van der Waals surface area contributed by atoms with Crippen molar-refractivity contribution in [3.8, 4) is 0 Å². The van der Waals surface area contributed by atoms with E-state index in [1.165, 1.54) is 30.4 Å². The Morgan fingerprint density at radius 1 is 1.12 bits per heavy atom. The number of benzene rings is 1. The van der Waals surface area contributed by atoms with Crippen LogP contribution < -0.4 is 0 Å². The second kappa shape index (κ2) is 10.2. The van der Waals surface area contributed by atoms with Crippen molar-refractivity contribution < 1.29 is 32.6 Å². The van der Waals surface area contributed by atoms with Gasteiger partial charge in [0.2, 0.25) is 0 Å². The van der Waals surface area contributed by atoms with Crippen molar-refractivity contribution in [3.05, 3.63) is 35.4 Å². The van der Waals surface area contributed by atoms with Gasteiger partial charge in [-0.3, -0.25) is 9.69 Å². The molecule has 178 valence electrons. The Morgan fingerprint density at radius 2 is 1.72 bits per heavy atom. The molecule has 9 heteroatoms. The number of aliphatic carboxylic acids is 1. The van der Waals surface area contributed by atoms with E-state index in [2.05, 4.69) is 41.0 Å². The number of ether oxygens (including phenoxy) is 1. The molecule has 0 bridgehead atoms. The van der Waals surface area contributed by atoms with Crippen molar-refractivity contribution in [2.24, 2.45) is 5.41 Å². The fraction of sp³-hybridized carbons (Fsp3) is 0.652. The predicted molar refractivity (Wildman–Crippen MR) is 112 cm³/mol. The summed E-state index contributed by atoms with van der Waals surface area (Å²) in [6.45, 7) is 8.11. The number of hydrogen-bond donors (Lipinski definition) is 1. The van der Waals surface area contributed by atoms with E-state index in [-0.39, 0.29) is 12.0 Å². The summed E-state index contributed by atoms with van der Waals surface area (Å²) in [6, 6.07) is 8.90. The van der Waals surface area contributed by atoms with Crippen molar-refractivity contribution in [1.29, 1.82) is 0 Å². The molecule has 1 spiro atoms. The zero-order valence-electron chi connectivity index (χ0n) is 18.4. The summed E-state index contributed by atoms with van der Waals surface area (Å²) in [5.41, 5.74) is 3.09. The molecular weight excluding hydrogens is 425 g/mol. The highest BCUT2D eigenvalue weighted by molar-refractivity contribution is 5.81. The van der Waals surface area contributed by atoms with Crippen LogP contribution in [0.1, 0.15) is 43.2 Å². The third-order valence-electron chi connectivity index (χ3n) is 6.64. The number of amides is 1. The van der Waals surface area contributed by atoms with Crippen LogP contribution in [0.25, 0.3) is 0 Å². The van der Waals surface area contributed by atoms with Gasteiger partial charge in [0.05, 0.1) is 0 Å².